The molecule has 1 N–H and O–H groups in total. The van der Waals surface area contributed by atoms with E-state index in [4.69, 9.17) is 0 Å². The third kappa shape index (κ3) is 6.24. The van der Waals surface area contributed by atoms with Gasteiger partial charge in [0.2, 0.25) is 0 Å². The third-order valence-electron chi connectivity index (χ3n) is 4.01. The Kier molecular flexibility index (Phi) is 8.57. The van der Waals surface area contributed by atoms with Gasteiger partial charge >= 0.3 is 0 Å². The Morgan fingerprint density at radius 2 is 1.63 bits per heavy atom. The van der Waals surface area contributed by atoms with E-state index in [-0.39, 0.29) is 0 Å². The van der Waals surface area contributed by atoms with Crippen LogP contribution in [0.15, 0.2) is 30.3 Å². The fourth-order valence-electron chi connectivity index (χ4n) is 2.75. The molecule has 1 aromatic rings. The van der Waals surface area contributed by atoms with Gasteiger partial charge in [0, 0.05) is 6.04 Å². The van der Waals surface area contributed by atoms with Gasteiger partial charge < -0.3 is 5.32 Å². The molecule has 1 heteroatoms. The first-order valence-corrected chi connectivity index (χ1v) is 8.07. The summed E-state index contributed by atoms with van der Waals surface area (Å²) in [5.41, 5.74) is 1.46. The zero-order valence-corrected chi connectivity index (χ0v) is 13.0. The number of rotatable bonds is 10. The lowest BCUT2D eigenvalue weighted by molar-refractivity contribution is 0.414. The molecule has 0 saturated heterocycles. The van der Waals surface area contributed by atoms with Crippen molar-refractivity contribution in [2.24, 2.45) is 0 Å². The maximum Gasteiger partial charge on any atom is 0.0133 e. The van der Waals surface area contributed by atoms with Crippen LogP contribution in [-0.4, -0.2) is 12.6 Å². The molecule has 0 spiro atoms. The van der Waals surface area contributed by atoms with Crippen LogP contribution in [0.2, 0.25) is 0 Å². The van der Waals surface area contributed by atoms with Crippen molar-refractivity contribution < 1.29 is 0 Å². The maximum absolute atomic E-state index is 3.67. The Bertz CT molecular complexity index is 307. The molecule has 0 bridgehead atoms. The fraction of sp³-hybridized carbons (Fsp3) is 0.667. The van der Waals surface area contributed by atoms with E-state index in [0.29, 0.717) is 12.0 Å². The van der Waals surface area contributed by atoms with Gasteiger partial charge in [-0.1, -0.05) is 83.2 Å². The van der Waals surface area contributed by atoms with E-state index in [1.165, 1.54) is 44.1 Å². The molecule has 0 fully saturated rings. The van der Waals surface area contributed by atoms with Crippen LogP contribution in [0.1, 0.15) is 70.8 Å². The number of benzene rings is 1. The number of nitrogens with one attached hydrogen (secondary N) is 1. The first kappa shape index (κ1) is 16.2. The molecule has 2 atom stereocenters. The summed E-state index contributed by atoms with van der Waals surface area (Å²) in [6.45, 7) is 7.91. The summed E-state index contributed by atoms with van der Waals surface area (Å²) >= 11 is 0. The van der Waals surface area contributed by atoms with Gasteiger partial charge in [-0.05, 0) is 24.4 Å². The molecule has 0 aliphatic carbocycles. The van der Waals surface area contributed by atoms with Crippen molar-refractivity contribution in [2.45, 2.75) is 71.3 Å². The summed E-state index contributed by atoms with van der Waals surface area (Å²) in [5.74, 6) is 0.604. The summed E-state index contributed by atoms with van der Waals surface area (Å²) < 4.78 is 0. The van der Waals surface area contributed by atoms with Gasteiger partial charge in [0.15, 0.2) is 0 Å². The SMILES string of the molecule is CCCCCCCC(NCC)C(C)c1ccccc1. The van der Waals surface area contributed by atoms with E-state index in [2.05, 4.69) is 56.4 Å². The molecule has 0 radical (unpaired) electrons. The molecule has 0 amide bonds. The summed E-state index contributed by atoms with van der Waals surface area (Å²) in [5, 5.41) is 3.67. The van der Waals surface area contributed by atoms with Crippen molar-refractivity contribution in [2.75, 3.05) is 6.54 Å². The van der Waals surface area contributed by atoms with E-state index in [1.54, 1.807) is 0 Å². The average Bonchev–Trinajstić information content (AvgIpc) is 2.46. The number of hydrogen-bond donors (Lipinski definition) is 1. The van der Waals surface area contributed by atoms with E-state index in [1.807, 2.05) is 0 Å². The number of hydrogen-bond acceptors (Lipinski definition) is 1. The van der Waals surface area contributed by atoms with Crippen molar-refractivity contribution in [3.63, 3.8) is 0 Å². The Balaban J connectivity index is 2.42. The highest BCUT2D eigenvalue weighted by molar-refractivity contribution is 5.20. The van der Waals surface area contributed by atoms with Crippen LogP contribution in [0.3, 0.4) is 0 Å². The first-order valence-electron chi connectivity index (χ1n) is 8.07. The normalized spacial score (nSPS) is 14.3. The smallest absolute Gasteiger partial charge is 0.0133 e. The van der Waals surface area contributed by atoms with Gasteiger partial charge in [-0.2, -0.15) is 0 Å². The van der Waals surface area contributed by atoms with Crippen LogP contribution in [0.4, 0.5) is 0 Å². The molecule has 0 heterocycles. The minimum atomic E-state index is 0.604. The first-order chi connectivity index (χ1) is 9.29. The topological polar surface area (TPSA) is 12.0 Å². The van der Waals surface area contributed by atoms with Crippen LogP contribution >= 0.6 is 0 Å². The van der Waals surface area contributed by atoms with Gasteiger partial charge in [0.25, 0.3) is 0 Å². The van der Waals surface area contributed by atoms with Gasteiger partial charge in [-0.25, -0.2) is 0 Å². The molecule has 1 nitrogen and oxygen atoms in total. The molecular formula is C18H31N. The summed E-state index contributed by atoms with van der Waals surface area (Å²) in [6.07, 6.45) is 8.16. The standard InChI is InChI=1S/C18H31N/c1-4-6-7-8-12-15-18(19-5-2)16(3)17-13-10-9-11-14-17/h9-11,13-14,16,18-19H,4-8,12,15H2,1-3H3. The number of likely N-dealkylation sites (N-methyl/N-ethyl adjacent to an activating group) is 1. The van der Waals surface area contributed by atoms with Crippen molar-refractivity contribution in [1.82, 2.24) is 5.32 Å². The second kappa shape index (κ2) is 10.0. The monoisotopic (exact) mass is 261 g/mol. The van der Waals surface area contributed by atoms with Gasteiger partial charge in [0.1, 0.15) is 0 Å². The minimum Gasteiger partial charge on any atom is -0.314 e. The van der Waals surface area contributed by atoms with Crippen molar-refractivity contribution in [3.8, 4) is 0 Å². The lowest BCUT2D eigenvalue weighted by Crippen LogP contribution is -2.33. The highest BCUT2D eigenvalue weighted by atomic mass is 14.9. The van der Waals surface area contributed by atoms with E-state index in [9.17, 15) is 0 Å². The van der Waals surface area contributed by atoms with Crippen LogP contribution in [0.5, 0.6) is 0 Å². The van der Waals surface area contributed by atoms with Crippen LogP contribution in [-0.2, 0) is 0 Å². The van der Waals surface area contributed by atoms with Gasteiger partial charge in [0.05, 0.1) is 0 Å². The molecule has 1 rings (SSSR count). The molecule has 0 aromatic heterocycles. The second-order valence-electron chi connectivity index (χ2n) is 5.57. The number of unbranched alkanes of at least 4 members (excludes halogenated alkanes) is 4. The molecule has 108 valence electrons. The molecule has 2 unspecified atom stereocenters. The van der Waals surface area contributed by atoms with Gasteiger partial charge in [-0.3, -0.25) is 0 Å². The van der Waals surface area contributed by atoms with Crippen LogP contribution in [0.25, 0.3) is 0 Å². The molecular weight excluding hydrogens is 230 g/mol. The predicted molar refractivity (Wildman–Crippen MR) is 85.7 cm³/mol. The Hall–Kier alpha value is -0.820. The summed E-state index contributed by atoms with van der Waals surface area (Å²) in [4.78, 5) is 0. The van der Waals surface area contributed by atoms with E-state index >= 15 is 0 Å². The van der Waals surface area contributed by atoms with E-state index < -0.39 is 0 Å². The summed E-state index contributed by atoms with van der Waals surface area (Å²) in [7, 11) is 0. The lowest BCUT2D eigenvalue weighted by Gasteiger charge is -2.25. The molecule has 0 aliphatic rings. The highest BCUT2D eigenvalue weighted by Crippen LogP contribution is 2.22. The highest BCUT2D eigenvalue weighted by Gasteiger charge is 2.17. The third-order valence-corrected chi connectivity index (χ3v) is 4.01. The van der Waals surface area contributed by atoms with Crippen molar-refractivity contribution in [3.05, 3.63) is 35.9 Å². The van der Waals surface area contributed by atoms with E-state index in [0.717, 1.165) is 6.54 Å². The zero-order valence-electron chi connectivity index (χ0n) is 13.0. The Morgan fingerprint density at radius 1 is 0.947 bits per heavy atom. The largest absolute Gasteiger partial charge is 0.314 e. The predicted octanol–water partition coefficient (Wildman–Crippen LogP) is 5.13. The lowest BCUT2D eigenvalue weighted by atomic mass is 9.89. The Labute approximate surface area is 119 Å². The fourth-order valence-corrected chi connectivity index (χ4v) is 2.75. The maximum atomic E-state index is 3.67. The minimum absolute atomic E-state index is 0.604. The molecule has 0 saturated carbocycles. The molecule has 0 aliphatic heterocycles. The molecule has 1 aromatic carbocycles. The second-order valence-corrected chi connectivity index (χ2v) is 5.57. The van der Waals surface area contributed by atoms with Crippen LogP contribution in [0, 0.1) is 0 Å². The average molecular weight is 261 g/mol. The summed E-state index contributed by atoms with van der Waals surface area (Å²) in [6, 6.07) is 11.5. The molecule has 19 heavy (non-hydrogen) atoms. The van der Waals surface area contributed by atoms with Crippen molar-refractivity contribution >= 4 is 0 Å². The Morgan fingerprint density at radius 3 is 2.26 bits per heavy atom. The quantitative estimate of drug-likeness (QED) is 0.576. The zero-order chi connectivity index (χ0) is 13.9. The van der Waals surface area contributed by atoms with Gasteiger partial charge in [-0.15, -0.1) is 0 Å². The van der Waals surface area contributed by atoms with Crippen molar-refractivity contribution in [1.29, 1.82) is 0 Å². The van der Waals surface area contributed by atoms with Crippen LogP contribution < -0.4 is 5.32 Å².